The highest BCUT2D eigenvalue weighted by Gasteiger charge is 2.17. The molecule has 0 aliphatic rings. The fraction of sp³-hybridized carbons (Fsp3) is 0.562. The quantitative estimate of drug-likeness (QED) is 0.564. The highest BCUT2D eigenvalue weighted by Crippen LogP contribution is 2.25. The lowest BCUT2D eigenvalue weighted by Gasteiger charge is -2.21. The van der Waals surface area contributed by atoms with Crippen molar-refractivity contribution in [2.75, 3.05) is 13.2 Å². The lowest BCUT2D eigenvalue weighted by molar-refractivity contribution is -0.120. The van der Waals surface area contributed by atoms with Gasteiger partial charge >= 0.3 is 0 Å². The predicted octanol–water partition coefficient (Wildman–Crippen LogP) is 3.74. The molecule has 21 heavy (non-hydrogen) atoms. The Bertz CT molecular complexity index is 448. The Morgan fingerprint density at radius 1 is 1.38 bits per heavy atom. The number of carbonyl (C=O) groups is 1. The molecule has 1 aromatic rings. The maximum Gasteiger partial charge on any atom is 0.233 e. The second-order valence-corrected chi connectivity index (χ2v) is 7.78. The van der Waals surface area contributed by atoms with Gasteiger partial charge in [-0.15, -0.1) is 11.8 Å². The molecular weight excluding hydrogens is 306 g/mol. The Morgan fingerprint density at radius 3 is 2.57 bits per heavy atom. The van der Waals surface area contributed by atoms with E-state index in [1.165, 1.54) is 11.8 Å². The first kappa shape index (κ1) is 18.3. The van der Waals surface area contributed by atoms with Gasteiger partial charge in [0.1, 0.15) is 0 Å². The van der Waals surface area contributed by atoms with Crippen molar-refractivity contribution >= 4 is 29.3 Å². The highest BCUT2D eigenvalue weighted by molar-refractivity contribution is 8.00. The Balaban J connectivity index is 2.30. The van der Waals surface area contributed by atoms with E-state index in [0.717, 1.165) is 17.7 Å². The van der Waals surface area contributed by atoms with Crippen LogP contribution in [0.15, 0.2) is 29.2 Å². The minimum Gasteiger partial charge on any atom is -0.396 e. The van der Waals surface area contributed by atoms with Crippen molar-refractivity contribution in [3.8, 4) is 0 Å². The molecule has 5 heteroatoms. The van der Waals surface area contributed by atoms with Crippen LogP contribution in [0.25, 0.3) is 0 Å². The number of hydrogen-bond acceptors (Lipinski definition) is 3. The molecule has 0 aromatic heterocycles. The summed E-state index contributed by atoms with van der Waals surface area (Å²) < 4.78 is 0. The molecule has 1 amide bonds. The predicted molar refractivity (Wildman–Crippen MR) is 89.9 cm³/mol. The van der Waals surface area contributed by atoms with Gasteiger partial charge in [0, 0.05) is 23.1 Å². The third kappa shape index (κ3) is 7.21. The van der Waals surface area contributed by atoms with Crippen molar-refractivity contribution in [1.82, 2.24) is 5.32 Å². The monoisotopic (exact) mass is 329 g/mol. The fourth-order valence-electron chi connectivity index (χ4n) is 1.77. The van der Waals surface area contributed by atoms with Crippen LogP contribution in [0, 0.1) is 5.41 Å². The zero-order chi connectivity index (χ0) is 15.9. The van der Waals surface area contributed by atoms with Gasteiger partial charge in [-0.3, -0.25) is 4.79 Å². The number of rotatable bonds is 8. The van der Waals surface area contributed by atoms with Gasteiger partial charge in [0.05, 0.1) is 5.25 Å². The zero-order valence-electron chi connectivity index (χ0n) is 12.9. The number of hydrogen-bond donors (Lipinski definition) is 2. The average Bonchev–Trinajstić information content (AvgIpc) is 2.45. The molecule has 1 aromatic carbocycles. The number of aliphatic hydroxyl groups is 1. The molecule has 1 rings (SSSR count). The summed E-state index contributed by atoms with van der Waals surface area (Å²) >= 11 is 7.36. The van der Waals surface area contributed by atoms with Crippen molar-refractivity contribution < 1.29 is 9.90 Å². The van der Waals surface area contributed by atoms with Crippen molar-refractivity contribution in [1.29, 1.82) is 0 Å². The van der Waals surface area contributed by atoms with Crippen LogP contribution in [-0.4, -0.2) is 29.4 Å². The van der Waals surface area contributed by atoms with E-state index in [0.29, 0.717) is 11.6 Å². The number of benzene rings is 1. The first-order chi connectivity index (χ1) is 9.84. The van der Waals surface area contributed by atoms with Crippen molar-refractivity contribution in [2.24, 2.45) is 5.41 Å². The van der Waals surface area contributed by atoms with Crippen LogP contribution in [0.3, 0.4) is 0 Å². The van der Waals surface area contributed by atoms with E-state index in [1.54, 1.807) is 0 Å². The molecular formula is C16H24ClNO2S. The molecule has 0 aliphatic carbocycles. The van der Waals surface area contributed by atoms with Crippen molar-refractivity contribution in [3.05, 3.63) is 29.3 Å². The summed E-state index contributed by atoms with van der Waals surface area (Å²) in [6.45, 7) is 6.76. The summed E-state index contributed by atoms with van der Waals surface area (Å²) in [4.78, 5) is 13.0. The van der Waals surface area contributed by atoms with E-state index in [1.807, 2.05) is 45.0 Å². The smallest absolute Gasteiger partial charge is 0.233 e. The first-order valence-electron chi connectivity index (χ1n) is 7.15. The van der Waals surface area contributed by atoms with Crippen LogP contribution in [-0.2, 0) is 4.79 Å². The van der Waals surface area contributed by atoms with Crippen LogP contribution in [0.2, 0.25) is 5.02 Å². The Labute approximate surface area is 136 Å². The maximum absolute atomic E-state index is 12.0. The number of halogens is 1. The fourth-order valence-corrected chi connectivity index (χ4v) is 2.79. The van der Waals surface area contributed by atoms with Crippen LogP contribution < -0.4 is 5.32 Å². The van der Waals surface area contributed by atoms with Crippen LogP contribution in [0.4, 0.5) is 0 Å². The minimum absolute atomic E-state index is 0.0387. The molecule has 0 saturated carbocycles. The molecule has 0 spiro atoms. The summed E-state index contributed by atoms with van der Waals surface area (Å²) in [5.41, 5.74) is -0.0750. The Kier molecular flexibility index (Phi) is 7.57. The standard InChI is InChI=1S/C16H24ClNO2S/c1-12(21-14-7-5-13(17)6-8-14)15(20)18-10-4-9-16(2,3)11-19/h5-8,12,19H,4,9-11H2,1-3H3,(H,18,20). The summed E-state index contributed by atoms with van der Waals surface area (Å²) in [6.07, 6.45) is 1.76. The number of thioether (sulfide) groups is 1. The summed E-state index contributed by atoms with van der Waals surface area (Å²) in [5, 5.41) is 12.7. The molecule has 1 unspecified atom stereocenters. The van der Waals surface area contributed by atoms with Gasteiger partial charge in [0.15, 0.2) is 0 Å². The van der Waals surface area contributed by atoms with E-state index in [4.69, 9.17) is 11.6 Å². The zero-order valence-corrected chi connectivity index (χ0v) is 14.4. The third-order valence-corrected chi connectivity index (χ3v) is 4.62. The highest BCUT2D eigenvalue weighted by atomic mass is 35.5. The second kappa shape index (κ2) is 8.66. The van der Waals surface area contributed by atoms with Gasteiger partial charge in [-0.1, -0.05) is 25.4 Å². The topological polar surface area (TPSA) is 49.3 Å². The normalized spacial score (nSPS) is 13.0. The molecule has 0 heterocycles. The maximum atomic E-state index is 12.0. The van der Waals surface area contributed by atoms with Crippen molar-refractivity contribution in [3.63, 3.8) is 0 Å². The summed E-state index contributed by atoms with van der Waals surface area (Å²) in [6, 6.07) is 7.48. The number of nitrogens with one attached hydrogen (secondary N) is 1. The molecule has 2 N–H and O–H groups in total. The summed E-state index contributed by atoms with van der Waals surface area (Å²) in [5.74, 6) is 0.0387. The largest absolute Gasteiger partial charge is 0.396 e. The van der Waals surface area contributed by atoms with Gasteiger partial charge in [-0.25, -0.2) is 0 Å². The number of amides is 1. The van der Waals surface area contributed by atoms with Gasteiger partial charge in [0.2, 0.25) is 5.91 Å². The van der Waals surface area contributed by atoms with Crippen LogP contribution >= 0.6 is 23.4 Å². The van der Waals surface area contributed by atoms with Gasteiger partial charge in [-0.2, -0.15) is 0 Å². The second-order valence-electron chi connectivity index (χ2n) is 5.93. The molecule has 118 valence electrons. The van der Waals surface area contributed by atoms with Crippen LogP contribution in [0.5, 0.6) is 0 Å². The Morgan fingerprint density at radius 2 is 2.00 bits per heavy atom. The molecule has 1 atom stereocenters. The molecule has 3 nitrogen and oxygen atoms in total. The van der Waals surface area contributed by atoms with E-state index in [2.05, 4.69) is 5.32 Å². The first-order valence-corrected chi connectivity index (χ1v) is 8.40. The van der Waals surface area contributed by atoms with E-state index < -0.39 is 0 Å². The van der Waals surface area contributed by atoms with Gasteiger partial charge < -0.3 is 10.4 Å². The molecule has 0 aliphatic heterocycles. The SMILES string of the molecule is CC(Sc1ccc(Cl)cc1)C(=O)NCCCC(C)(C)CO. The molecule has 0 bridgehead atoms. The number of carbonyl (C=O) groups excluding carboxylic acids is 1. The minimum atomic E-state index is -0.142. The van der Waals surface area contributed by atoms with E-state index in [9.17, 15) is 9.90 Å². The number of aliphatic hydroxyl groups excluding tert-OH is 1. The van der Waals surface area contributed by atoms with E-state index in [-0.39, 0.29) is 23.2 Å². The molecule has 0 fully saturated rings. The van der Waals surface area contributed by atoms with Crippen molar-refractivity contribution in [2.45, 2.75) is 43.8 Å². The summed E-state index contributed by atoms with van der Waals surface area (Å²) in [7, 11) is 0. The average molecular weight is 330 g/mol. The lowest BCUT2D eigenvalue weighted by atomic mass is 9.89. The Hall–Kier alpha value is -0.710. The van der Waals surface area contributed by atoms with Gasteiger partial charge in [-0.05, 0) is 49.4 Å². The van der Waals surface area contributed by atoms with E-state index >= 15 is 0 Å². The third-order valence-electron chi connectivity index (χ3n) is 3.25. The van der Waals surface area contributed by atoms with Crippen LogP contribution in [0.1, 0.15) is 33.6 Å². The lowest BCUT2D eigenvalue weighted by Crippen LogP contribution is -2.32. The molecule has 0 saturated heterocycles. The van der Waals surface area contributed by atoms with Gasteiger partial charge in [0.25, 0.3) is 0 Å². The molecule has 0 radical (unpaired) electrons.